The molecule has 7 heteroatoms. The Hall–Kier alpha value is -2.83. The zero-order valence-corrected chi connectivity index (χ0v) is 15.3. The number of fused-ring (bicyclic) bond motifs is 1. The first-order valence-electron chi connectivity index (χ1n) is 8.77. The Labute approximate surface area is 153 Å². The number of anilines is 1. The van der Waals surface area contributed by atoms with Crippen LogP contribution in [0.4, 0.5) is 5.95 Å². The van der Waals surface area contributed by atoms with Crippen molar-refractivity contribution in [2.75, 3.05) is 18.7 Å². The molecule has 0 unspecified atom stereocenters. The average molecular weight is 356 g/mol. The Morgan fingerprint density at radius 2 is 2.08 bits per heavy atom. The van der Waals surface area contributed by atoms with Crippen molar-refractivity contribution in [3.8, 4) is 11.5 Å². The highest BCUT2D eigenvalue weighted by Gasteiger charge is 2.14. The van der Waals surface area contributed by atoms with Gasteiger partial charge in [0.25, 0.3) is 5.91 Å². The number of rotatable bonds is 7. The number of benzene rings is 1. The number of nitrogens with zero attached hydrogens (tertiary/aromatic N) is 2. The largest absolute Gasteiger partial charge is 0.454 e. The van der Waals surface area contributed by atoms with Crippen molar-refractivity contribution in [1.82, 2.24) is 15.3 Å². The van der Waals surface area contributed by atoms with Gasteiger partial charge in [-0.05, 0) is 37.0 Å². The molecule has 0 fully saturated rings. The number of carbonyl (C=O) groups excluding carboxylic acids is 1. The van der Waals surface area contributed by atoms with Crippen LogP contribution in [-0.2, 0) is 6.54 Å². The van der Waals surface area contributed by atoms with Crippen LogP contribution in [0.25, 0.3) is 0 Å². The van der Waals surface area contributed by atoms with Crippen LogP contribution in [0.1, 0.15) is 41.9 Å². The molecule has 1 aliphatic heterocycles. The van der Waals surface area contributed by atoms with Gasteiger partial charge in [0, 0.05) is 19.3 Å². The molecule has 0 radical (unpaired) electrons. The minimum absolute atomic E-state index is 0.134. The highest BCUT2D eigenvalue weighted by Crippen LogP contribution is 2.32. The van der Waals surface area contributed by atoms with Gasteiger partial charge in [-0.3, -0.25) is 4.79 Å². The lowest BCUT2D eigenvalue weighted by atomic mass is 10.1. The van der Waals surface area contributed by atoms with E-state index in [9.17, 15) is 4.79 Å². The smallest absolute Gasteiger partial charge is 0.254 e. The third-order valence-corrected chi connectivity index (χ3v) is 4.12. The summed E-state index contributed by atoms with van der Waals surface area (Å²) in [6.45, 7) is 7.53. The van der Waals surface area contributed by atoms with Crippen LogP contribution in [0.15, 0.2) is 24.4 Å². The fourth-order valence-electron chi connectivity index (χ4n) is 2.58. The molecule has 1 aliphatic rings. The first-order valence-corrected chi connectivity index (χ1v) is 8.77. The summed E-state index contributed by atoms with van der Waals surface area (Å²) in [7, 11) is 0. The number of hydrogen-bond donors (Lipinski definition) is 2. The molecule has 0 saturated heterocycles. The molecule has 2 aromatic rings. The van der Waals surface area contributed by atoms with Gasteiger partial charge < -0.3 is 20.1 Å². The van der Waals surface area contributed by atoms with Crippen molar-refractivity contribution in [2.24, 2.45) is 5.92 Å². The molecular weight excluding hydrogens is 332 g/mol. The summed E-state index contributed by atoms with van der Waals surface area (Å²) >= 11 is 0. The lowest BCUT2D eigenvalue weighted by molar-refractivity contribution is 0.0950. The third-order valence-electron chi connectivity index (χ3n) is 4.12. The molecule has 1 aromatic heterocycles. The molecule has 0 spiro atoms. The number of carbonyl (C=O) groups is 1. The molecule has 7 nitrogen and oxygen atoms in total. The Morgan fingerprint density at radius 1 is 1.27 bits per heavy atom. The SMILES string of the molecule is Cc1nc(NCc2ccc3c(c2)OCO3)ncc1C(=O)NCCC(C)C. The van der Waals surface area contributed by atoms with Crippen LogP contribution < -0.4 is 20.1 Å². The van der Waals surface area contributed by atoms with Crippen LogP contribution in [-0.4, -0.2) is 29.2 Å². The average Bonchev–Trinajstić information content (AvgIpc) is 3.07. The van der Waals surface area contributed by atoms with Crippen molar-refractivity contribution in [3.05, 3.63) is 41.2 Å². The molecule has 0 saturated carbocycles. The summed E-state index contributed by atoms with van der Waals surface area (Å²) in [4.78, 5) is 20.8. The van der Waals surface area contributed by atoms with E-state index < -0.39 is 0 Å². The van der Waals surface area contributed by atoms with Crippen LogP contribution >= 0.6 is 0 Å². The van der Waals surface area contributed by atoms with E-state index in [0.29, 0.717) is 36.2 Å². The molecule has 1 aromatic carbocycles. The zero-order valence-electron chi connectivity index (χ0n) is 15.3. The Balaban J connectivity index is 1.58. The summed E-state index contributed by atoms with van der Waals surface area (Å²) in [5, 5.41) is 6.07. The van der Waals surface area contributed by atoms with Crippen LogP contribution in [0.5, 0.6) is 11.5 Å². The minimum Gasteiger partial charge on any atom is -0.454 e. The van der Waals surface area contributed by atoms with Crippen LogP contribution in [0, 0.1) is 12.8 Å². The molecular formula is C19H24N4O3. The maximum Gasteiger partial charge on any atom is 0.254 e. The number of hydrogen-bond acceptors (Lipinski definition) is 6. The molecule has 26 heavy (non-hydrogen) atoms. The predicted octanol–water partition coefficient (Wildman–Crippen LogP) is 2.90. The van der Waals surface area contributed by atoms with E-state index in [1.807, 2.05) is 25.1 Å². The van der Waals surface area contributed by atoms with Crippen LogP contribution in [0.3, 0.4) is 0 Å². The first kappa shape index (κ1) is 18.0. The summed E-state index contributed by atoms with van der Waals surface area (Å²) < 4.78 is 10.7. The topological polar surface area (TPSA) is 85.4 Å². The Morgan fingerprint density at radius 3 is 2.85 bits per heavy atom. The van der Waals surface area contributed by atoms with Gasteiger partial charge in [-0.25, -0.2) is 9.97 Å². The van der Waals surface area contributed by atoms with E-state index >= 15 is 0 Å². The van der Waals surface area contributed by atoms with Crippen molar-refractivity contribution in [3.63, 3.8) is 0 Å². The van der Waals surface area contributed by atoms with Crippen LogP contribution in [0.2, 0.25) is 0 Å². The van der Waals surface area contributed by atoms with E-state index in [1.54, 1.807) is 6.20 Å². The fourth-order valence-corrected chi connectivity index (χ4v) is 2.58. The van der Waals surface area contributed by atoms with Crippen molar-refractivity contribution >= 4 is 11.9 Å². The van der Waals surface area contributed by atoms with Gasteiger partial charge in [-0.1, -0.05) is 19.9 Å². The molecule has 2 N–H and O–H groups in total. The second-order valence-corrected chi connectivity index (χ2v) is 6.67. The van der Waals surface area contributed by atoms with Gasteiger partial charge in [0.15, 0.2) is 11.5 Å². The number of nitrogens with one attached hydrogen (secondary N) is 2. The normalized spacial score (nSPS) is 12.3. The molecule has 0 atom stereocenters. The predicted molar refractivity (Wildman–Crippen MR) is 98.4 cm³/mol. The highest BCUT2D eigenvalue weighted by molar-refractivity contribution is 5.94. The van der Waals surface area contributed by atoms with Gasteiger partial charge in [0.05, 0.1) is 11.3 Å². The third kappa shape index (κ3) is 4.41. The van der Waals surface area contributed by atoms with Gasteiger partial charge in [0.2, 0.25) is 12.7 Å². The number of aryl methyl sites for hydroxylation is 1. The lowest BCUT2D eigenvalue weighted by Gasteiger charge is -2.10. The maximum atomic E-state index is 12.2. The van der Waals surface area contributed by atoms with E-state index in [4.69, 9.17) is 9.47 Å². The Bertz CT molecular complexity index is 792. The summed E-state index contributed by atoms with van der Waals surface area (Å²) in [6.07, 6.45) is 2.51. The molecule has 138 valence electrons. The second-order valence-electron chi connectivity index (χ2n) is 6.67. The summed E-state index contributed by atoms with van der Waals surface area (Å²) in [5.41, 5.74) is 2.18. The summed E-state index contributed by atoms with van der Waals surface area (Å²) in [6, 6.07) is 5.78. The molecule has 2 heterocycles. The fraction of sp³-hybridized carbons (Fsp3) is 0.421. The molecule has 1 amide bonds. The van der Waals surface area contributed by atoms with E-state index in [1.165, 1.54) is 0 Å². The zero-order chi connectivity index (χ0) is 18.5. The van der Waals surface area contributed by atoms with Crippen molar-refractivity contribution in [2.45, 2.75) is 33.7 Å². The Kier molecular flexibility index (Phi) is 5.55. The van der Waals surface area contributed by atoms with Crippen molar-refractivity contribution in [1.29, 1.82) is 0 Å². The van der Waals surface area contributed by atoms with E-state index in [0.717, 1.165) is 23.5 Å². The van der Waals surface area contributed by atoms with Gasteiger partial charge in [0.1, 0.15) is 0 Å². The van der Waals surface area contributed by atoms with Gasteiger partial charge in [-0.15, -0.1) is 0 Å². The second kappa shape index (κ2) is 8.03. The van der Waals surface area contributed by atoms with E-state index in [-0.39, 0.29) is 12.7 Å². The van der Waals surface area contributed by atoms with E-state index in [2.05, 4.69) is 34.4 Å². The van der Waals surface area contributed by atoms with Gasteiger partial charge in [-0.2, -0.15) is 0 Å². The number of ether oxygens (including phenoxy) is 2. The molecule has 0 bridgehead atoms. The maximum absolute atomic E-state index is 12.2. The summed E-state index contributed by atoms with van der Waals surface area (Å²) in [5.74, 6) is 2.41. The minimum atomic E-state index is -0.134. The quantitative estimate of drug-likeness (QED) is 0.793. The number of aromatic nitrogens is 2. The molecule has 0 aliphatic carbocycles. The monoisotopic (exact) mass is 356 g/mol. The number of amides is 1. The lowest BCUT2D eigenvalue weighted by Crippen LogP contribution is -2.26. The first-order chi connectivity index (χ1) is 12.5. The standard InChI is InChI=1S/C19H24N4O3/c1-12(2)6-7-20-18(24)15-10-22-19(23-13(15)3)21-9-14-4-5-16-17(8-14)26-11-25-16/h4-5,8,10,12H,6-7,9,11H2,1-3H3,(H,20,24)(H,21,22,23). The van der Waals surface area contributed by atoms with Crippen molar-refractivity contribution < 1.29 is 14.3 Å². The molecule has 3 rings (SSSR count). The highest BCUT2D eigenvalue weighted by atomic mass is 16.7. The van der Waals surface area contributed by atoms with Gasteiger partial charge >= 0.3 is 0 Å².